The van der Waals surface area contributed by atoms with E-state index in [0.29, 0.717) is 23.8 Å². The lowest BCUT2D eigenvalue weighted by Gasteiger charge is -2.15. The Labute approximate surface area is 179 Å². The van der Waals surface area contributed by atoms with Gasteiger partial charge >= 0.3 is 0 Å². The lowest BCUT2D eigenvalue weighted by atomic mass is 10.1. The van der Waals surface area contributed by atoms with E-state index in [9.17, 15) is 13.7 Å². The number of aromatic nitrogens is 1. The number of rotatable bonds is 8. The molecule has 30 heavy (non-hydrogen) atoms. The molecule has 3 rings (SSSR count). The Hall–Kier alpha value is -2.98. The Morgan fingerprint density at radius 2 is 1.87 bits per heavy atom. The molecule has 1 heterocycles. The topological polar surface area (TPSA) is 84.1 Å². The summed E-state index contributed by atoms with van der Waals surface area (Å²) >= 11 is 0. The first-order valence-electron chi connectivity index (χ1n) is 10.1. The second kappa shape index (κ2) is 8.80. The molecule has 0 aliphatic heterocycles. The summed E-state index contributed by atoms with van der Waals surface area (Å²) in [4.78, 5) is 0. The number of hydrogen-bond donors (Lipinski definition) is 1. The van der Waals surface area contributed by atoms with Crippen molar-refractivity contribution in [3.05, 3.63) is 48.0 Å². The molecule has 0 saturated carbocycles. The van der Waals surface area contributed by atoms with Crippen molar-refractivity contribution >= 4 is 26.6 Å². The third-order valence-corrected chi connectivity index (χ3v) is 6.13. The highest BCUT2D eigenvalue weighted by molar-refractivity contribution is 7.92. The van der Waals surface area contributed by atoms with Crippen molar-refractivity contribution in [1.82, 2.24) is 4.57 Å². The molecule has 0 spiro atoms. The van der Waals surface area contributed by atoms with Crippen LogP contribution >= 0.6 is 0 Å². The van der Waals surface area contributed by atoms with Crippen molar-refractivity contribution in [3.63, 3.8) is 0 Å². The first-order chi connectivity index (χ1) is 14.3. The molecule has 0 aliphatic carbocycles. The molecule has 2 aromatic carbocycles. The summed E-state index contributed by atoms with van der Waals surface area (Å²) in [5.74, 6) is 1.16. The highest BCUT2D eigenvalue weighted by atomic mass is 32.2. The van der Waals surface area contributed by atoms with Crippen LogP contribution in [0.25, 0.3) is 22.2 Å². The van der Waals surface area contributed by atoms with Crippen LogP contribution in [0.5, 0.6) is 5.75 Å². The summed E-state index contributed by atoms with van der Waals surface area (Å²) in [7, 11) is -3.34. The molecule has 6 nitrogen and oxygen atoms in total. The minimum Gasteiger partial charge on any atom is -0.494 e. The molecule has 0 radical (unpaired) electrons. The summed E-state index contributed by atoms with van der Waals surface area (Å²) in [5, 5.41) is 10.8. The average molecular weight is 428 g/mol. The molecule has 0 bridgehead atoms. The van der Waals surface area contributed by atoms with Crippen molar-refractivity contribution in [2.24, 2.45) is 5.92 Å². The molecule has 1 aromatic heterocycles. The smallest absolute Gasteiger partial charge is 0.232 e. The average Bonchev–Trinajstić information content (AvgIpc) is 3.01. The Bertz CT molecular complexity index is 1190. The van der Waals surface area contributed by atoms with Gasteiger partial charge in [-0.05, 0) is 49.6 Å². The first-order valence-corrected chi connectivity index (χ1v) is 11.7. The zero-order valence-corrected chi connectivity index (χ0v) is 18.6. The second-order valence-corrected chi connectivity index (χ2v) is 9.55. The number of fused-ring (bicyclic) bond motifs is 1. The van der Waals surface area contributed by atoms with Crippen LogP contribution in [0.4, 0.5) is 5.69 Å². The molecule has 160 valence electrons. The Morgan fingerprint density at radius 1 is 1.17 bits per heavy atom. The summed E-state index contributed by atoms with van der Waals surface area (Å²) in [6.45, 7) is 9.12. The molecule has 0 unspecified atom stereocenters. The fourth-order valence-corrected chi connectivity index (χ4v) is 4.14. The van der Waals surface area contributed by atoms with E-state index in [1.54, 1.807) is 19.1 Å². The number of anilines is 1. The fourth-order valence-electron chi connectivity index (χ4n) is 3.50. The molecule has 3 aromatic rings. The van der Waals surface area contributed by atoms with E-state index in [4.69, 9.17) is 4.74 Å². The van der Waals surface area contributed by atoms with E-state index in [1.807, 2.05) is 37.3 Å². The van der Waals surface area contributed by atoms with Crippen molar-refractivity contribution in [1.29, 1.82) is 5.26 Å². The van der Waals surface area contributed by atoms with Gasteiger partial charge in [0.05, 0.1) is 29.1 Å². The highest BCUT2D eigenvalue weighted by Gasteiger charge is 2.20. The standard InChI is InChI=1S/C23H27N3O3S.H2/c1-5-29-19-11-12-20-21(14-24)23(26(15-16(3)4)22(20)13-19)17-7-9-18(10-8-17)25-30(27,28)6-2;/h7-13,16,25H,5-6,15H2,1-4H3;1H. The maximum Gasteiger partial charge on any atom is 0.232 e. The van der Waals surface area contributed by atoms with Crippen LogP contribution in [0.2, 0.25) is 0 Å². The van der Waals surface area contributed by atoms with Gasteiger partial charge in [-0.15, -0.1) is 0 Å². The largest absolute Gasteiger partial charge is 0.494 e. The molecule has 0 amide bonds. The van der Waals surface area contributed by atoms with Crippen LogP contribution < -0.4 is 9.46 Å². The van der Waals surface area contributed by atoms with Crippen molar-refractivity contribution in [3.8, 4) is 23.1 Å². The number of hydrogen-bond acceptors (Lipinski definition) is 4. The number of ether oxygens (including phenoxy) is 1. The normalized spacial score (nSPS) is 11.6. The summed E-state index contributed by atoms with van der Waals surface area (Å²) in [5.41, 5.74) is 3.76. The van der Waals surface area contributed by atoms with Gasteiger partial charge in [-0.25, -0.2) is 8.42 Å². The van der Waals surface area contributed by atoms with Gasteiger partial charge in [0, 0.05) is 25.1 Å². The van der Waals surface area contributed by atoms with Gasteiger partial charge in [-0.2, -0.15) is 5.26 Å². The van der Waals surface area contributed by atoms with Crippen LogP contribution in [0, 0.1) is 17.2 Å². The fraction of sp³-hybridized carbons (Fsp3) is 0.348. The molecule has 0 saturated heterocycles. The van der Waals surface area contributed by atoms with E-state index in [0.717, 1.165) is 34.5 Å². The van der Waals surface area contributed by atoms with Crippen LogP contribution in [0.3, 0.4) is 0 Å². The van der Waals surface area contributed by atoms with E-state index < -0.39 is 10.0 Å². The van der Waals surface area contributed by atoms with E-state index in [-0.39, 0.29) is 7.18 Å². The van der Waals surface area contributed by atoms with Gasteiger partial charge in [0.2, 0.25) is 10.0 Å². The molecular formula is C23H29N3O3S. The van der Waals surface area contributed by atoms with Gasteiger partial charge in [0.1, 0.15) is 11.8 Å². The molecule has 7 heteroatoms. The number of benzene rings is 2. The third kappa shape index (κ3) is 4.44. The first kappa shape index (κ1) is 21.7. The predicted octanol–water partition coefficient (Wildman–Crippen LogP) is 5.24. The lowest BCUT2D eigenvalue weighted by molar-refractivity contribution is 0.340. The zero-order valence-electron chi connectivity index (χ0n) is 17.8. The predicted molar refractivity (Wildman–Crippen MR) is 123 cm³/mol. The Balaban J connectivity index is 0.00000341. The Kier molecular flexibility index (Phi) is 6.37. The lowest BCUT2D eigenvalue weighted by Crippen LogP contribution is -2.14. The van der Waals surface area contributed by atoms with E-state index >= 15 is 0 Å². The Morgan fingerprint density at radius 3 is 2.43 bits per heavy atom. The van der Waals surface area contributed by atoms with Gasteiger partial charge in [0.25, 0.3) is 0 Å². The molecule has 0 aliphatic rings. The van der Waals surface area contributed by atoms with Gasteiger partial charge in [0.15, 0.2) is 0 Å². The van der Waals surface area contributed by atoms with E-state index in [1.165, 1.54) is 0 Å². The van der Waals surface area contributed by atoms with Crippen LogP contribution in [0.15, 0.2) is 42.5 Å². The zero-order chi connectivity index (χ0) is 21.9. The quantitative estimate of drug-likeness (QED) is 0.533. The maximum atomic E-state index is 11.8. The minimum atomic E-state index is -3.34. The third-order valence-electron chi connectivity index (χ3n) is 4.82. The summed E-state index contributed by atoms with van der Waals surface area (Å²) < 4.78 is 34.1. The summed E-state index contributed by atoms with van der Waals surface area (Å²) in [6.07, 6.45) is 0. The number of sulfonamides is 1. The van der Waals surface area contributed by atoms with Crippen LogP contribution in [-0.4, -0.2) is 25.3 Å². The molecule has 0 fully saturated rings. The van der Waals surface area contributed by atoms with Crippen molar-refractivity contribution in [2.75, 3.05) is 17.1 Å². The van der Waals surface area contributed by atoms with Crippen LogP contribution in [0.1, 0.15) is 34.7 Å². The van der Waals surface area contributed by atoms with Gasteiger partial charge in [-0.1, -0.05) is 26.0 Å². The number of nitriles is 1. The molecule has 0 atom stereocenters. The van der Waals surface area contributed by atoms with Crippen LogP contribution in [-0.2, 0) is 16.6 Å². The monoisotopic (exact) mass is 427 g/mol. The maximum absolute atomic E-state index is 11.8. The number of nitrogens with one attached hydrogen (secondary N) is 1. The second-order valence-electron chi connectivity index (χ2n) is 7.53. The highest BCUT2D eigenvalue weighted by Crippen LogP contribution is 2.36. The van der Waals surface area contributed by atoms with Crippen molar-refractivity contribution in [2.45, 2.75) is 34.2 Å². The van der Waals surface area contributed by atoms with Gasteiger partial charge < -0.3 is 9.30 Å². The molecular weight excluding hydrogens is 398 g/mol. The van der Waals surface area contributed by atoms with E-state index in [2.05, 4.69) is 29.2 Å². The van der Waals surface area contributed by atoms with Crippen molar-refractivity contribution < 1.29 is 14.6 Å². The summed E-state index contributed by atoms with van der Waals surface area (Å²) in [6, 6.07) is 15.3. The minimum absolute atomic E-state index is 0. The molecule has 1 N–H and O–H groups in total. The van der Waals surface area contributed by atoms with Gasteiger partial charge in [-0.3, -0.25) is 4.72 Å². The number of nitrogens with zero attached hydrogens (tertiary/aromatic N) is 2. The SMILES string of the molecule is CCOc1ccc2c(C#N)c(-c3ccc(NS(=O)(=O)CC)cc3)n(CC(C)C)c2c1.[HH].